The van der Waals surface area contributed by atoms with E-state index in [0.29, 0.717) is 30.9 Å². The fourth-order valence-electron chi connectivity index (χ4n) is 2.30. The second kappa shape index (κ2) is 5.34. The SMILES string of the molecule is CC1(C)COCCN1Cc1cccc(CN)c1F. The summed E-state index contributed by atoms with van der Waals surface area (Å²) in [6.45, 7) is 7.32. The smallest absolute Gasteiger partial charge is 0.132 e. The summed E-state index contributed by atoms with van der Waals surface area (Å²) in [5.41, 5.74) is 6.78. The number of ether oxygens (including phenoxy) is 1. The molecule has 0 amide bonds. The van der Waals surface area contributed by atoms with Gasteiger partial charge in [0.1, 0.15) is 5.82 Å². The van der Waals surface area contributed by atoms with Crippen LogP contribution in [0.5, 0.6) is 0 Å². The highest BCUT2D eigenvalue weighted by Crippen LogP contribution is 2.23. The molecule has 4 heteroatoms. The molecule has 0 aromatic heterocycles. The lowest BCUT2D eigenvalue weighted by atomic mass is 10.0. The summed E-state index contributed by atoms with van der Waals surface area (Å²) in [6, 6.07) is 5.44. The Morgan fingerprint density at radius 3 is 2.78 bits per heavy atom. The van der Waals surface area contributed by atoms with E-state index in [1.165, 1.54) is 0 Å². The van der Waals surface area contributed by atoms with Gasteiger partial charge in [0, 0.05) is 36.3 Å². The Morgan fingerprint density at radius 2 is 2.11 bits per heavy atom. The number of hydrogen-bond acceptors (Lipinski definition) is 3. The zero-order valence-electron chi connectivity index (χ0n) is 11.1. The quantitative estimate of drug-likeness (QED) is 0.893. The Balaban J connectivity index is 2.18. The lowest BCUT2D eigenvalue weighted by Gasteiger charge is -2.42. The third-order valence-corrected chi connectivity index (χ3v) is 3.56. The molecule has 1 heterocycles. The van der Waals surface area contributed by atoms with E-state index in [-0.39, 0.29) is 17.9 Å². The number of rotatable bonds is 3. The van der Waals surface area contributed by atoms with Crippen molar-refractivity contribution in [1.29, 1.82) is 0 Å². The molecule has 100 valence electrons. The van der Waals surface area contributed by atoms with Crippen LogP contribution < -0.4 is 5.73 Å². The second-order valence-electron chi connectivity index (χ2n) is 5.38. The standard InChI is InChI=1S/C14H21FN2O/c1-14(2)10-18-7-6-17(14)9-12-5-3-4-11(8-16)13(12)15/h3-5H,6-10,16H2,1-2H3. The molecule has 0 saturated carbocycles. The van der Waals surface area contributed by atoms with E-state index in [0.717, 1.165) is 6.54 Å². The van der Waals surface area contributed by atoms with E-state index < -0.39 is 0 Å². The van der Waals surface area contributed by atoms with Crippen molar-refractivity contribution < 1.29 is 9.13 Å². The summed E-state index contributed by atoms with van der Waals surface area (Å²) >= 11 is 0. The molecule has 1 aromatic carbocycles. The molecule has 1 fully saturated rings. The predicted octanol–water partition coefficient (Wildman–Crippen LogP) is 1.90. The van der Waals surface area contributed by atoms with Gasteiger partial charge in [-0.2, -0.15) is 0 Å². The summed E-state index contributed by atoms with van der Waals surface area (Å²) < 4.78 is 19.6. The zero-order valence-corrected chi connectivity index (χ0v) is 11.1. The molecule has 18 heavy (non-hydrogen) atoms. The largest absolute Gasteiger partial charge is 0.378 e. The average Bonchev–Trinajstić information content (AvgIpc) is 2.34. The van der Waals surface area contributed by atoms with Crippen molar-refractivity contribution in [3.8, 4) is 0 Å². The van der Waals surface area contributed by atoms with E-state index >= 15 is 0 Å². The van der Waals surface area contributed by atoms with Gasteiger partial charge >= 0.3 is 0 Å². The summed E-state index contributed by atoms with van der Waals surface area (Å²) in [5.74, 6) is -0.165. The minimum Gasteiger partial charge on any atom is -0.378 e. The third kappa shape index (κ3) is 2.71. The number of nitrogens with two attached hydrogens (primary N) is 1. The molecular weight excluding hydrogens is 231 g/mol. The van der Waals surface area contributed by atoms with Gasteiger partial charge in [-0.05, 0) is 13.8 Å². The summed E-state index contributed by atoms with van der Waals surface area (Å²) in [6.07, 6.45) is 0. The van der Waals surface area contributed by atoms with Crippen LogP contribution in [0, 0.1) is 5.82 Å². The highest BCUT2D eigenvalue weighted by molar-refractivity contribution is 5.26. The molecule has 0 bridgehead atoms. The molecule has 1 aliphatic rings. The van der Waals surface area contributed by atoms with Crippen LogP contribution >= 0.6 is 0 Å². The van der Waals surface area contributed by atoms with Crippen LogP contribution in [0.25, 0.3) is 0 Å². The Bertz CT molecular complexity index is 420. The van der Waals surface area contributed by atoms with Crippen LogP contribution in [-0.2, 0) is 17.8 Å². The van der Waals surface area contributed by atoms with Gasteiger partial charge in [-0.1, -0.05) is 18.2 Å². The van der Waals surface area contributed by atoms with E-state index in [9.17, 15) is 4.39 Å². The predicted molar refractivity (Wildman–Crippen MR) is 69.6 cm³/mol. The molecule has 1 saturated heterocycles. The van der Waals surface area contributed by atoms with Crippen molar-refractivity contribution >= 4 is 0 Å². The number of benzene rings is 1. The Labute approximate surface area is 108 Å². The zero-order chi connectivity index (χ0) is 13.2. The summed E-state index contributed by atoms with van der Waals surface area (Å²) in [5, 5.41) is 0. The Hall–Kier alpha value is -0.970. The van der Waals surface area contributed by atoms with Crippen molar-refractivity contribution in [2.45, 2.75) is 32.5 Å². The minimum absolute atomic E-state index is 0.0522. The third-order valence-electron chi connectivity index (χ3n) is 3.56. The highest BCUT2D eigenvalue weighted by atomic mass is 19.1. The minimum atomic E-state index is -0.165. The van der Waals surface area contributed by atoms with Crippen LogP contribution in [-0.4, -0.2) is 30.2 Å². The molecule has 0 radical (unpaired) electrons. The monoisotopic (exact) mass is 252 g/mol. The molecule has 0 spiro atoms. The topological polar surface area (TPSA) is 38.5 Å². The first-order valence-corrected chi connectivity index (χ1v) is 6.34. The lowest BCUT2D eigenvalue weighted by Crippen LogP contribution is -2.52. The van der Waals surface area contributed by atoms with Crippen LogP contribution in [0.1, 0.15) is 25.0 Å². The number of nitrogens with zero attached hydrogens (tertiary/aromatic N) is 1. The van der Waals surface area contributed by atoms with Crippen molar-refractivity contribution in [2.24, 2.45) is 5.73 Å². The maximum absolute atomic E-state index is 14.1. The molecule has 0 unspecified atom stereocenters. The van der Waals surface area contributed by atoms with Crippen LogP contribution in [0.3, 0.4) is 0 Å². The Morgan fingerprint density at radius 1 is 1.39 bits per heavy atom. The fourth-order valence-corrected chi connectivity index (χ4v) is 2.30. The molecular formula is C14H21FN2O. The van der Waals surface area contributed by atoms with Gasteiger partial charge < -0.3 is 10.5 Å². The highest BCUT2D eigenvalue weighted by Gasteiger charge is 2.30. The van der Waals surface area contributed by atoms with Crippen LogP contribution in [0.4, 0.5) is 4.39 Å². The van der Waals surface area contributed by atoms with Gasteiger partial charge in [-0.3, -0.25) is 4.90 Å². The van der Waals surface area contributed by atoms with Crippen molar-refractivity contribution in [2.75, 3.05) is 19.8 Å². The molecule has 1 aromatic rings. The van der Waals surface area contributed by atoms with E-state index in [1.807, 2.05) is 12.1 Å². The van der Waals surface area contributed by atoms with Crippen molar-refractivity contribution in [1.82, 2.24) is 4.90 Å². The molecule has 1 aliphatic heterocycles. The first-order chi connectivity index (χ1) is 8.54. The van der Waals surface area contributed by atoms with Crippen molar-refractivity contribution in [3.63, 3.8) is 0 Å². The maximum Gasteiger partial charge on any atom is 0.132 e. The fraction of sp³-hybridized carbons (Fsp3) is 0.571. The molecule has 2 N–H and O–H groups in total. The average molecular weight is 252 g/mol. The van der Waals surface area contributed by atoms with Gasteiger partial charge in [-0.15, -0.1) is 0 Å². The normalized spacial score (nSPS) is 20.0. The van der Waals surface area contributed by atoms with Crippen LogP contribution in [0.15, 0.2) is 18.2 Å². The molecule has 2 rings (SSSR count). The lowest BCUT2D eigenvalue weighted by molar-refractivity contribution is -0.0556. The van der Waals surface area contributed by atoms with Crippen LogP contribution in [0.2, 0.25) is 0 Å². The van der Waals surface area contributed by atoms with E-state index in [1.54, 1.807) is 6.07 Å². The number of hydrogen-bond donors (Lipinski definition) is 1. The summed E-state index contributed by atoms with van der Waals surface area (Å²) in [7, 11) is 0. The van der Waals surface area contributed by atoms with Gasteiger partial charge in [0.25, 0.3) is 0 Å². The van der Waals surface area contributed by atoms with E-state index in [2.05, 4.69) is 18.7 Å². The van der Waals surface area contributed by atoms with Crippen molar-refractivity contribution in [3.05, 3.63) is 35.1 Å². The van der Waals surface area contributed by atoms with Gasteiger partial charge in [-0.25, -0.2) is 4.39 Å². The molecule has 0 aliphatic carbocycles. The number of halogens is 1. The Kier molecular flexibility index (Phi) is 4.00. The van der Waals surface area contributed by atoms with Gasteiger partial charge in [0.2, 0.25) is 0 Å². The van der Waals surface area contributed by atoms with E-state index in [4.69, 9.17) is 10.5 Å². The van der Waals surface area contributed by atoms with Gasteiger partial charge in [0.15, 0.2) is 0 Å². The molecule has 0 atom stereocenters. The first kappa shape index (κ1) is 13.5. The van der Waals surface area contributed by atoms with Gasteiger partial charge in [0.05, 0.1) is 13.2 Å². The number of morpholine rings is 1. The summed E-state index contributed by atoms with van der Waals surface area (Å²) in [4.78, 5) is 2.26. The first-order valence-electron chi connectivity index (χ1n) is 6.34. The maximum atomic E-state index is 14.1. The molecule has 3 nitrogen and oxygen atoms in total. The second-order valence-corrected chi connectivity index (χ2v) is 5.38.